The zero-order chi connectivity index (χ0) is 16.1. The second-order valence-corrected chi connectivity index (χ2v) is 5.11. The molecular weight excluding hydrogens is 327 g/mol. The van der Waals surface area contributed by atoms with Crippen molar-refractivity contribution in [1.82, 2.24) is 0 Å². The van der Waals surface area contributed by atoms with Crippen LogP contribution in [-0.2, 0) is 4.79 Å². The van der Waals surface area contributed by atoms with E-state index in [-0.39, 0.29) is 11.4 Å². The van der Waals surface area contributed by atoms with Crippen molar-refractivity contribution < 1.29 is 9.72 Å². The molecule has 1 N–H and O–H groups in total. The number of nitro benzene ring substituents is 1. The van der Waals surface area contributed by atoms with Gasteiger partial charge in [-0.15, -0.1) is 0 Å². The molecule has 0 unspecified atom stereocenters. The molecule has 0 heterocycles. The summed E-state index contributed by atoms with van der Waals surface area (Å²) >= 11 is 11.8. The average Bonchev–Trinajstić information content (AvgIpc) is 2.46. The molecule has 0 bridgehead atoms. The molecule has 2 rings (SSSR count). The SMILES string of the molecule is O=C(C=Cc1ccc(Cl)cc1Cl)Nc1ccccc1[N+](=O)[O-]. The Morgan fingerprint density at radius 3 is 2.59 bits per heavy atom. The van der Waals surface area contributed by atoms with Gasteiger partial charge in [0.2, 0.25) is 5.91 Å². The maximum absolute atomic E-state index is 11.8. The van der Waals surface area contributed by atoms with Crippen LogP contribution >= 0.6 is 23.2 Å². The Balaban J connectivity index is 2.13. The molecule has 0 aromatic heterocycles. The number of amides is 1. The third kappa shape index (κ3) is 4.07. The summed E-state index contributed by atoms with van der Waals surface area (Å²) in [6.45, 7) is 0. The largest absolute Gasteiger partial charge is 0.317 e. The van der Waals surface area contributed by atoms with E-state index in [4.69, 9.17) is 23.2 Å². The summed E-state index contributed by atoms with van der Waals surface area (Å²) < 4.78 is 0. The van der Waals surface area contributed by atoms with Crippen LogP contribution in [0.15, 0.2) is 48.5 Å². The van der Waals surface area contributed by atoms with E-state index in [1.807, 2.05) is 0 Å². The van der Waals surface area contributed by atoms with Crippen LogP contribution in [0.5, 0.6) is 0 Å². The second kappa shape index (κ2) is 7.06. The number of para-hydroxylation sites is 2. The van der Waals surface area contributed by atoms with Gasteiger partial charge < -0.3 is 5.32 Å². The third-order valence-corrected chi connectivity index (χ3v) is 3.30. The van der Waals surface area contributed by atoms with E-state index in [1.54, 1.807) is 24.3 Å². The predicted octanol–water partition coefficient (Wildman–Crippen LogP) is 4.55. The van der Waals surface area contributed by atoms with Gasteiger partial charge in [0.1, 0.15) is 5.69 Å². The molecule has 1 amide bonds. The molecule has 22 heavy (non-hydrogen) atoms. The highest BCUT2D eigenvalue weighted by molar-refractivity contribution is 6.35. The summed E-state index contributed by atoms with van der Waals surface area (Å²) in [5, 5.41) is 14.2. The van der Waals surface area contributed by atoms with Crippen molar-refractivity contribution in [2.24, 2.45) is 0 Å². The number of benzene rings is 2. The summed E-state index contributed by atoms with van der Waals surface area (Å²) in [7, 11) is 0. The van der Waals surface area contributed by atoms with Crippen molar-refractivity contribution >= 4 is 46.6 Å². The zero-order valence-corrected chi connectivity index (χ0v) is 12.6. The summed E-state index contributed by atoms with van der Waals surface area (Å²) in [6.07, 6.45) is 2.74. The molecule has 7 heteroatoms. The highest BCUT2D eigenvalue weighted by Gasteiger charge is 2.13. The lowest BCUT2D eigenvalue weighted by Gasteiger charge is -2.03. The quantitative estimate of drug-likeness (QED) is 0.505. The fraction of sp³-hybridized carbons (Fsp3) is 0. The Kier molecular flexibility index (Phi) is 5.14. The van der Waals surface area contributed by atoms with Crippen molar-refractivity contribution in [2.45, 2.75) is 0 Å². The monoisotopic (exact) mass is 336 g/mol. The van der Waals surface area contributed by atoms with E-state index in [2.05, 4.69) is 5.32 Å². The summed E-state index contributed by atoms with van der Waals surface area (Å²) in [5.74, 6) is -0.500. The normalized spacial score (nSPS) is 10.6. The van der Waals surface area contributed by atoms with Gasteiger partial charge in [-0.1, -0.05) is 41.4 Å². The van der Waals surface area contributed by atoms with E-state index in [0.717, 1.165) is 0 Å². The van der Waals surface area contributed by atoms with Crippen LogP contribution < -0.4 is 5.32 Å². The lowest BCUT2D eigenvalue weighted by Crippen LogP contribution is -2.09. The summed E-state index contributed by atoms with van der Waals surface area (Å²) in [5.41, 5.74) is 0.571. The Labute approximate surface area is 136 Å². The lowest BCUT2D eigenvalue weighted by molar-refractivity contribution is -0.383. The highest BCUT2D eigenvalue weighted by atomic mass is 35.5. The fourth-order valence-electron chi connectivity index (χ4n) is 1.72. The minimum atomic E-state index is -0.560. The molecular formula is C15H10Cl2N2O3. The Bertz CT molecular complexity index is 760. The maximum atomic E-state index is 11.8. The first-order chi connectivity index (χ1) is 10.5. The van der Waals surface area contributed by atoms with Gasteiger partial charge in [-0.3, -0.25) is 14.9 Å². The molecule has 0 spiro atoms. The Morgan fingerprint density at radius 1 is 1.18 bits per heavy atom. The van der Waals surface area contributed by atoms with E-state index < -0.39 is 10.8 Å². The van der Waals surface area contributed by atoms with E-state index in [9.17, 15) is 14.9 Å². The number of nitrogens with one attached hydrogen (secondary N) is 1. The number of anilines is 1. The van der Waals surface area contributed by atoms with Crippen LogP contribution in [0.25, 0.3) is 6.08 Å². The van der Waals surface area contributed by atoms with Crippen LogP contribution in [0.3, 0.4) is 0 Å². The molecule has 0 radical (unpaired) electrons. The minimum Gasteiger partial charge on any atom is -0.317 e. The smallest absolute Gasteiger partial charge is 0.292 e. The molecule has 0 fully saturated rings. The third-order valence-electron chi connectivity index (χ3n) is 2.74. The van der Waals surface area contributed by atoms with Crippen LogP contribution in [-0.4, -0.2) is 10.8 Å². The van der Waals surface area contributed by atoms with Gasteiger partial charge in [0.25, 0.3) is 5.69 Å². The van der Waals surface area contributed by atoms with Gasteiger partial charge in [0.15, 0.2) is 0 Å². The molecule has 0 saturated carbocycles. The topological polar surface area (TPSA) is 72.2 Å². The molecule has 0 aliphatic heterocycles. The van der Waals surface area contributed by atoms with Crippen LogP contribution in [0.4, 0.5) is 11.4 Å². The van der Waals surface area contributed by atoms with E-state index >= 15 is 0 Å². The second-order valence-electron chi connectivity index (χ2n) is 4.26. The van der Waals surface area contributed by atoms with Gasteiger partial charge in [-0.2, -0.15) is 0 Å². The Hall–Kier alpha value is -2.37. The maximum Gasteiger partial charge on any atom is 0.292 e. The molecule has 2 aromatic rings. The standard InChI is InChI=1S/C15H10Cl2N2O3/c16-11-7-5-10(12(17)9-11)6-8-15(20)18-13-3-1-2-4-14(13)19(21)22/h1-9H,(H,18,20). The number of rotatable bonds is 4. The number of carbonyl (C=O) groups is 1. The molecule has 0 saturated heterocycles. The van der Waals surface area contributed by atoms with Gasteiger partial charge in [0, 0.05) is 22.2 Å². The van der Waals surface area contributed by atoms with Gasteiger partial charge in [0.05, 0.1) is 4.92 Å². The molecule has 0 aliphatic carbocycles. The molecule has 5 nitrogen and oxygen atoms in total. The van der Waals surface area contributed by atoms with Crippen molar-refractivity contribution in [3.8, 4) is 0 Å². The number of nitro groups is 1. The molecule has 112 valence electrons. The van der Waals surface area contributed by atoms with Gasteiger partial charge in [-0.05, 0) is 29.8 Å². The summed E-state index contributed by atoms with van der Waals surface area (Å²) in [4.78, 5) is 22.2. The molecule has 0 aliphatic rings. The number of nitrogens with zero attached hydrogens (tertiary/aromatic N) is 1. The fourth-order valence-corrected chi connectivity index (χ4v) is 2.19. The Morgan fingerprint density at radius 2 is 1.91 bits per heavy atom. The number of hydrogen-bond acceptors (Lipinski definition) is 3. The van der Waals surface area contributed by atoms with Crippen molar-refractivity contribution in [3.05, 3.63) is 74.3 Å². The van der Waals surface area contributed by atoms with Gasteiger partial charge >= 0.3 is 0 Å². The van der Waals surface area contributed by atoms with Crippen molar-refractivity contribution in [3.63, 3.8) is 0 Å². The lowest BCUT2D eigenvalue weighted by atomic mass is 10.2. The first-order valence-electron chi connectivity index (χ1n) is 6.15. The number of carbonyl (C=O) groups excluding carboxylic acids is 1. The van der Waals surface area contributed by atoms with E-state index in [1.165, 1.54) is 30.4 Å². The highest BCUT2D eigenvalue weighted by Crippen LogP contribution is 2.24. The van der Waals surface area contributed by atoms with Crippen molar-refractivity contribution in [1.29, 1.82) is 0 Å². The first kappa shape index (κ1) is 16.0. The first-order valence-corrected chi connectivity index (χ1v) is 6.90. The van der Waals surface area contributed by atoms with Crippen LogP contribution in [0.2, 0.25) is 10.0 Å². The van der Waals surface area contributed by atoms with Gasteiger partial charge in [-0.25, -0.2) is 0 Å². The van der Waals surface area contributed by atoms with Crippen LogP contribution in [0.1, 0.15) is 5.56 Å². The molecule has 0 atom stereocenters. The number of halogens is 2. The summed E-state index contributed by atoms with van der Waals surface area (Å²) in [6, 6.07) is 10.8. The van der Waals surface area contributed by atoms with Crippen LogP contribution in [0, 0.1) is 10.1 Å². The van der Waals surface area contributed by atoms with E-state index in [0.29, 0.717) is 15.6 Å². The number of hydrogen-bond donors (Lipinski definition) is 1. The van der Waals surface area contributed by atoms with Crippen molar-refractivity contribution in [2.75, 3.05) is 5.32 Å². The molecule has 2 aromatic carbocycles. The zero-order valence-electron chi connectivity index (χ0n) is 11.1. The average molecular weight is 337 g/mol. The predicted molar refractivity (Wildman–Crippen MR) is 87.2 cm³/mol. The minimum absolute atomic E-state index is 0.129.